The van der Waals surface area contributed by atoms with Crippen molar-refractivity contribution >= 4 is 17.1 Å². The Labute approximate surface area is 120 Å². The van der Waals surface area contributed by atoms with Crippen molar-refractivity contribution in [2.24, 2.45) is 0 Å². The normalized spacial score (nSPS) is 11.0. The molecule has 0 aliphatic rings. The van der Waals surface area contributed by atoms with Crippen LogP contribution >= 0.6 is 0 Å². The molecule has 1 aromatic carbocycles. The fraction of sp³-hybridized carbons (Fsp3) is 0.200. The number of benzene rings is 1. The van der Waals surface area contributed by atoms with E-state index < -0.39 is 5.97 Å². The van der Waals surface area contributed by atoms with Crippen LogP contribution in [0.15, 0.2) is 28.7 Å². The summed E-state index contributed by atoms with van der Waals surface area (Å²) >= 11 is 0. The van der Waals surface area contributed by atoms with Crippen LogP contribution < -0.4 is 0 Å². The van der Waals surface area contributed by atoms with Crippen LogP contribution in [0.4, 0.5) is 0 Å². The van der Waals surface area contributed by atoms with Gasteiger partial charge in [0.2, 0.25) is 5.89 Å². The van der Waals surface area contributed by atoms with Gasteiger partial charge in [-0.25, -0.2) is 9.78 Å². The highest BCUT2D eigenvalue weighted by atomic mass is 16.4. The van der Waals surface area contributed by atoms with Gasteiger partial charge < -0.3 is 9.52 Å². The van der Waals surface area contributed by atoms with E-state index in [2.05, 4.69) is 15.2 Å². The smallest absolute Gasteiger partial charge is 0.338 e. The molecule has 0 aliphatic heterocycles. The average Bonchev–Trinajstić information content (AvgIpc) is 2.90. The maximum absolute atomic E-state index is 11.2. The molecule has 3 aromatic rings. The Morgan fingerprint density at radius 2 is 2.14 bits per heavy atom. The van der Waals surface area contributed by atoms with E-state index in [9.17, 15) is 9.90 Å². The molecule has 106 valence electrons. The number of carboxylic acid groups (broad SMARTS) is 1. The first-order valence-corrected chi connectivity index (χ1v) is 6.56. The molecule has 0 unspecified atom stereocenters. The largest absolute Gasteiger partial charge is 0.478 e. The lowest BCUT2D eigenvalue weighted by atomic mass is 10.1. The third-order valence-electron chi connectivity index (χ3n) is 3.21. The number of aromatic carboxylic acids is 1. The van der Waals surface area contributed by atoms with E-state index in [0.29, 0.717) is 23.4 Å². The lowest BCUT2D eigenvalue weighted by molar-refractivity contribution is 0.0699. The van der Waals surface area contributed by atoms with Gasteiger partial charge in [-0.1, -0.05) is 13.0 Å². The Morgan fingerprint density at radius 1 is 1.33 bits per heavy atom. The monoisotopic (exact) mass is 283 g/mol. The number of carbonyl (C=O) groups is 1. The molecular formula is C15H13N3O3. The maximum Gasteiger partial charge on any atom is 0.338 e. The predicted octanol–water partition coefficient (Wildman–Crippen LogP) is 2.85. The third kappa shape index (κ3) is 2.24. The molecule has 0 bridgehead atoms. The van der Waals surface area contributed by atoms with Gasteiger partial charge in [0.25, 0.3) is 0 Å². The summed E-state index contributed by atoms with van der Waals surface area (Å²) in [6.07, 6.45) is 0.688. The second kappa shape index (κ2) is 4.97. The van der Waals surface area contributed by atoms with Gasteiger partial charge in [0.1, 0.15) is 5.52 Å². The van der Waals surface area contributed by atoms with Crippen LogP contribution in [0.25, 0.3) is 22.6 Å². The van der Waals surface area contributed by atoms with E-state index in [1.165, 1.54) is 6.07 Å². The minimum absolute atomic E-state index is 0.124. The molecule has 6 heteroatoms. The quantitative estimate of drug-likeness (QED) is 0.795. The predicted molar refractivity (Wildman–Crippen MR) is 76.1 cm³/mol. The van der Waals surface area contributed by atoms with Crippen molar-refractivity contribution < 1.29 is 14.3 Å². The van der Waals surface area contributed by atoms with E-state index in [1.807, 2.05) is 19.9 Å². The zero-order valence-electron chi connectivity index (χ0n) is 11.6. The minimum atomic E-state index is -1.03. The van der Waals surface area contributed by atoms with Crippen LogP contribution in [-0.2, 0) is 6.42 Å². The molecule has 0 amide bonds. The summed E-state index contributed by atoms with van der Waals surface area (Å²) in [6, 6.07) is 6.69. The summed E-state index contributed by atoms with van der Waals surface area (Å²) in [5.41, 5.74) is 3.18. The van der Waals surface area contributed by atoms with E-state index >= 15 is 0 Å². The molecule has 2 heterocycles. The van der Waals surface area contributed by atoms with Crippen molar-refractivity contribution in [1.82, 2.24) is 15.2 Å². The van der Waals surface area contributed by atoms with Crippen molar-refractivity contribution in [1.29, 1.82) is 0 Å². The van der Waals surface area contributed by atoms with Crippen LogP contribution in [0, 0.1) is 6.92 Å². The van der Waals surface area contributed by atoms with Gasteiger partial charge in [-0.2, -0.15) is 10.2 Å². The summed E-state index contributed by atoms with van der Waals surface area (Å²) in [5.74, 6) is -0.659. The number of aryl methyl sites for hydroxylation is 2. The third-order valence-corrected chi connectivity index (χ3v) is 3.21. The van der Waals surface area contributed by atoms with E-state index in [-0.39, 0.29) is 5.56 Å². The topological polar surface area (TPSA) is 89.1 Å². The van der Waals surface area contributed by atoms with Gasteiger partial charge in [-0.15, -0.1) is 0 Å². The average molecular weight is 283 g/mol. The number of oxazole rings is 1. The Morgan fingerprint density at radius 3 is 2.86 bits per heavy atom. The first-order chi connectivity index (χ1) is 10.1. The molecule has 0 spiro atoms. The maximum atomic E-state index is 11.2. The van der Waals surface area contributed by atoms with Gasteiger partial charge in [-0.3, -0.25) is 0 Å². The van der Waals surface area contributed by atoms with Gasteiger partial charge in [0.05, 0.1) is 22.5 Å². The molecule has 0 saturated carbocycles. The summed E-state index contributed by atoms with van der Waals surface area (Å²) in [4.78, 5) is 15.6. The number of rotatable bonds is 3. The highest BCUT2D eigenvalue weighted by Gasteiger charge is 2.17. The van der Waals surface area contributed by atoms with E-state index in [1.54, 1.807) is 12.1 Å². The molecule has 2 aromatic heterocycles. The SMILES string of the molecule is CCc1nnc(C)cc1-c1nc2c(C(=O)O)cccc2o1. The van der Waals surface area contributed by atoms with Gasteiger partial charge in [0.15, 0.2) is 5.58 Å². The number of aromatic nitrogens is 3. The van der Waals surface area contributed by atoms with Gasteiger partial charge in [0, 0.05) is 0 Å². The number of nitrogens with zero attached hydrogens (tertiary/aromatic N) is 3. The lowest BCUT2D eigenvalue weighted by Gasteiger charge is -2.02. The number of carboxylic acids is 1. The van der Waals surface area contributed by atoms with Crippen molar-refractivity contribution in [3.05, 3.63) is 41.2 Å². The summed E-state index contributed by atoms with van der Waals surface area (Å²) < 4.78 is 5.70. The Kier molecular flexibility index (Phi) is 3.13. The van der Waals surface area contributed by atoms with Crippen LogP contribution in [0.3, 0.4) is 0 Å². The molecule has 0 radical (unpaired) electrons. The van der Waals surface area contributed by atoms with Crippen molar-refractivity contribution in [2.45, 2.75) is 20.3 Å². The molecular weight excluding hydrogens is 270 g/mol. The number of para-hydroxylation sites is 1. The molecule has 3 rings (SSSR count). The van der Waals surface area contributed by atoms with Crippen LogP contribution in [0.2, 0.25) is 0 Å². The zero-order chi connectivity index (χ0) is 15.0. The standard InChI is InChI=1S/C15H13N3O3/c1-3-11-10(7-8(2)17-18-11)14-16-13-9(15(19)20)5-4-6-12(13)21-14/h4-7H,3H2,1-2H3,(H,19,20). The van der Waals surface area contributed by atoms with Crippen LogP contribution in [0.1, 0.15) is 28.7 Å². The van der Waals surface area contributed by atoms with E-state index in [4.69, 9.17) is 4.42 Å². The first kappa shape index (κ1) is 13.2. The molecule has 6 nitrogen and oxygen atoms in total. The minimum Gasteiger partial charge on any atom is -0.478 e. The highest BCUT2D eigenvalue weighted by molar-refractivity contribution is 6.00. The highest BCUT2D eigenvalue weighted by Crippen LogP contribution is 2.28. The summed E-state index contributed by atoms with van der Waals surface area (Å²) in [7, 11) is 0. The van der Waals surface area contributed by atoms with Crippen molar-refractivity contribution in [2.75, 3.05) is 0 Å². The van der Waals surface area contributed by atoms with Crippen LogP contribution in [-0.4, -0.2) is 26.3 Å². The van der Waals surface area contributed by atoms with Gasteiger partial charge in [-0.05, 0) is 31.5 Å². The fourth-order valence-corrected chi connectivity index (χ4v) is 2.20. The molecule has 0 atom stereocenters. The van der Waals surface area contributed by atoms with Crippen LogP contribution in [0.5, 0.6) is 0 Å². The Hall–Kier alpha value is -2.76. The number of fused-ring (bicyclic) bond motifs is 1. The molecule has 0 aliphatic carbocycles. The Balaban J connectivity index is 2.25. The fourth-order valence-electron chi connectivity index (χ4n) is 2.20. The van der Waals surface area contributed by atoms with Crippen molar-refractivity contribution in [3.8, 4) is 11.5 Å². The molecule has 0 fully saturated rings. The molecule has 0 saturated heterocycles. The Bertz CT molecular complexity index is 839. The summed E-state index contributed by atoms with van der Waals surface area (Å²) in [5, 5.41) is 17.4. The second-order valence-corrected chi connectivity index (χ2v) is 4.68. The number of hydrogen-bond acceptors (Lipinski definition) is 5. The zero-order valence-corrected chi connectivity index (χ0v) is 11.6. The lowest BCUT2D eigenvalue weighted by Crippen LogP contribution is -1.98. The number of hydrogen-bond donors (Lipinski definition) is 1. The molecule has 21 heavy (non-hydrogen) atoms. The van der Waals surface area contributed by atoms with Crippen molar-refractivity contribution in [3.63, 3.8) is 0 Å². The summed E-state index contributed by atoms with van der Waals surface area (Å²) in [6.45, 7) is 3.80. The second-order valence-electron chi connectivity index (χ2n) is 4.68. The van der Waals surface area contributed by atoms with E-state index in [0.717, 1.165) is 17.0 Å². The first-order valence-electron chi connectivity index (χ1n) is 6.56. The molecule has 1 N–H and O–H groups in total. The van der Waals surface area contributed by atoms with Gasteiger partial charge >= 0.3 is 5.97 Å².